The number of thiocarbonyl (C=S) groups is 1. The molecule has 130 valence electrons. The maximum absolute atomic E-state index is 12.7. The fourth-order valence-electron chi connectivity index (χ4n) is 2.80. The molecular weight excluding hydrogens is 339 g/mol. The summed E-state index contributed by atoms with van der Waals surface area (Å²) in [6.07, 6.45) is -5.69. The minimum absolute atomic E-state index is 0.0410. The largest absolute Gasteiger partial charge is 0.511 e. The van der Waals surface area contributed by atoms with Crippen LogP contribution in [0.25, 0.3) is 0 Å². The van der Waals surface area contributed by atoms with E-state index in [4.69, 9.17) is 12.2 Å². The minimum atomic E-state index is -4.44. The van der Waals surface area contributed by atoms with Crippen molar-refractivity contribution in [2.75, 3.05) is 5.32 Å². The number of benzene rings is 1. The lowest BCUT2D eigenvalue weighted by Crippen LogP contribution is -2.35. The monoisotopic (exact) mass is 357 g/mol. The van der Waals surface area contributed by atoms with Gasteiger partial charge in [0, 0.05) is 17.5 Å². The molecule has 1 aliphatic rings. The van der Waals surface area contributed by atoms with E-state index in [-0.39, 0.29) is 22.7 Å². The number of carbonyl (C=O) groups excluding carboxylic acids is 1. The van der Waals surface area contributed by atoms with E-state index in [0.29, 0.717) is 5.69 Å². The van der Waals surface area contributed by atoms with E-state index in [1.807, 2.05) is 19.1 Å². The second kappa shape index (κ2) is 6.93. The number of nitrogens with one attached hydrogen (secondary N) is 1. The topological polar surface area (TPSA) is 49.3 Å². The molecule has 2 unspecified atom stereocenters. The second-order valence-corrected chi connectivity index (χ2v) is 6.45. The quantitative estimate of drug-likeness (QED) is 0.768. The molecular formula is C17H18F3NO2S. The zero-order chi connectivity index (χ0) is 18.1. The van der Waals surface area contributed by atoms with Crippen LogP contribution in [0.5, 0.6) is 0 Å². The number of para-hydroxylation sites is 1. The van der Waals surface area contributed by atoms with E-state index in [9.17, 15) is 23.1 Å². The normalized spacial score (nSPS) is 21.8. The summed E-state index contributed by atoms with van der Waals surface area (Å²) in [5.41, 5.74) is 1.30. The summed E-state index contributed by atoms with van der Waals surface area (Å²) in [5.74, 6) is -2.78. The van der Waals surface area contributed by atoms with Crippen molar-refractivity contribution in [3.05, 3.63) is 41.2 Å². The number of ketones is 1. The number of allylic oxidation sites excluding steroid dienone is 1. The Hall–Kier alpha value is -1.89. The first-order valence-corrected chi connectivity index (χ1v) is 7.92. The molecule has 7 heteroatoms. The summed E-state index contributed by atoms with van der Waals surface area (Å²) >= 11 is 5.19. The van der Waals surface area contributed by atoms with Gasteiger partial charge in [-0.3, -0.25) is 4.79 Å². The fourth-order valence-corrected chi connectivity index (χ4v) is 3.12. The number of Topliss-reactive ketones (excluding diaryl/α,β-unsaturated/α-hetero) is 1. The molecule has 1 aromatic carbocycles. The fraction of sp³-hybridized carbons (Fsp3) is 0.412. The van der Waals surface area contributed by atoms with Gasteiger partial charge in [0.05, 0.1) is 12.0 Å². The summed E-state index contributed by atoms with van der Waals surface area (Å²) in [5, 5.41) is 13.0. The van der Waals surface area contributed by atoms with Crippen molar-refractivity contribution in [3.63, 3.8) is 0 Å². The number of carbonyl (C=O) groups is 1. The average Bonchev–Trinajstić information content (AvgIpc) is 2.46. The molecule has 0 saturated carbocycles. The summed E-state index contributed by atoms with van der Waals surface area (Å²) in [6.45, 7) is 3.42. The molecule has 0 saturated heterocycles. The van der Waals surface area contributed by atoms with Gasteiger partial charge in [0.1, 0.15) is 10.7 Å². The minimum Gasteiger partial charge on any atom is -0.511 e. The van der Waals surface area contributed by atoms with E-state index in [2.05, 4.69) is 5.32 Å². The zero-order valence-electron chi connectivity index (χ0n) is 13.3. The molecule has 0 amide bonds. The molecule has 0 bridgehead atoms. The Morgan fingerprint density at radius 2 is 2.00 bits per heavy atom. The third kappa shape index (κ3) is 4.14. The first-order valence-electron chi connectivity index (χ1n) is 7.51. The second-order valence-electron chi connectivity index (χ2n) is 6.05. The van der Waals surface area contributed by atoms with E-state index >= 15 is 0 Å². The summed E-state index contributed by atoms with van der Waals surface area (Å²) < 4.78 is 38.1. The van der Waals surface area contributed by atoms with Gasteiger partial charge in [-0.25, -0.2) is 0 Å². The van der Waals surface area contributed by atoms with Crippen molar-refractivity contribution in [2.45, 2.75) is 32.9 Å². The van der Waals surface area contributed by atoms with Crippen molar-refractivity contribution in [3.8, 4) is 0 Å². The van der Waals surface area contributed by atoms with Crippen LogP contribution < -0.4 is 5.32 Å². The number of rotatable bonds is 3. The van der Waals surface area contributed by atoms with Gasteiger partial charge in [0.2, 0.25) is 0 Å². The number of halogens is 3. The van der Waals surface area contributed by atoms with Gasteiger partial charge >= 0.3 is 6.18 Å². The van der Waals surface area contributed by atoms with E-state index in [1.165, 1.54) is 0 Å². The van der Waals surface area contributed by atoms with Gasteiger partial charge < -0.3 is 10.4 Å². The molecule has 2 rings (SSSR count). The Balaban J connectivity index is 2.28. The van der Waals surface area contributed by atoms with Crippen LogP contribution in [0.2, 0.25) is 0 Å². The molecule has 2 atom stereocenters. The maximum Gasteiger partial charge on any atom is 0.389 e. The lowest BCUT2D eigenvalue weighted by molar-refractivity contribution is -0.153. The number of aryl methyl sites for hydroxylation is 1. The van der Waals surface area contributed by atoms with Gasteiger partial charge in [-0.15, -0.1) is 0 Å². The highest BCUT2D eigenvalue weighted by Crippen LogP contribution is 2.37. The van der Waals surface area contributed by atoms with Crippen LogP contribution in [0.4, 0.5) is 18.9 Å². The number of alkyl halides is 3. The standard InChI is InChI=1S/C17H18F3NO2S/c1-9-5-3-4-6-12(9)21-16(24)13-14(22)10(2)7-11(15(13)23)8-17(18,19)20/h3-6,10-11,22H,7-8H2,1-2H3,(H,21,24). The van der Waals surface area contributed by atoms with E-state index in [1.54, 1.807) is 19.1 Å². The Kier molecular flexibility index (Phi) is 5.32. The molecule has 2 N–H and O–H groups in total. The van der Waals surface area contributed by atoms with E-state index < -0.39 is 30.2 Å². The lowest BCUT2D eigenvalue weighted by Gasteiger charge is -2.29. The van der Waals surface area contributed by atoms with Crippen LogP contribution in [0.3, 0.4) is 0 Å². The van der Waals surface area contributed by atoms with Crippen molar-refractivity contribution in [1.29, 1.82) is 0 Å². The Morgan fingerprint density at radius 3 is 2.58 bits per heavy atom. The molecule has 1 aliphatic carbocycles. The van der Waals surface area contributed by atoms with E-state index in [0.717, 1.165) is 5.56 Å². The van der Waals surface area contributed by atoms with Crippen LogP contribution in [-0.4, -0.2) is 22.1 Å². The van der Waals surface area contributed by atoms with Crippen molar-refractivity contribution >= 4 is 28.7 Å². The summed E-state index contributed by atoms with van der Waals surface area (Å²) in [4.78, 5) is 12.4. The highest BCUT2D eigenvalue weighted by atomic mass is 32.1. The number of aliphatic hydroxyl groups excluding tert-OH is 1. The van der Waals surface area contributed by atoms with Crippen molar-refractivity contribution < 1.29 is 23.1 Å². The van der Waals surface area contributed by atoms with Crippen LogP contribution in [0, 0.1) is 18.8 Å². The summed E-state index contributed by atoms with van der Waals surface area (Å²) in [7, 11) is 0. The highest BCUT2D eigenvalue weighted by Gasteiger charge is 2.42. The molecule has 0 aliphatic heterocycles. The Bertz CT molecular complexity index is 697. The van der Waals surface area contributed by atoms with Crippen LogP contribution in [0.15, 0.2) is 35.6 Å². The van der Waals surface area contributed by atoms with Crippen LogP contribution in [-0.2, 0) is 4.79 Å². The van der Waals surface area contributed by atoms with Crippen LogP contribution >= 0.6 is 12.2 Å². The number of hydrogen-bond donors (Lipinski definition) is 2. The molecule has 0 spiro atoms. The number of hydrogen-bond acceptors (Lipinski definition) is 3. The highest BCUT2D eigenvalue weighted by molar-refractivity contribution is 7.81. The smallest absolute Gasteiger partial charge is 0.389 e. The maximum atomic E-state index is 12.7. The summed E-state index contributed by atoms with van der Waals surface area (Å²) in [6, 6.07) is 7.16. The predicted molar refractivity (Wildman–Crippen MR) is 90.0 cm³/mol. The van der Waals surface area contributed by atoms with Gasteiger partial charge in [-0.2, -0.15) is 13.2 Å². The van der Waals surface area contributed by atoms with Crippen molar-refractivity contribution in [1.82, 2.24) is 0 Å². The van der Waals surface area contributed by atoms with Crippen molar-refractivity contribution in [2.24, 2.45) is 11.8 Å². The molecule has 0 aromatic heterocycles. The van der Waals surface area contributed by atoms with Gasteiger partial charge in [-0.05, 0) is 25.0 Å². The average molecular weight is 357 g/mol. The number of aliphatic hydroxyl groups is 1. The molecule has 24 heavy (non-hydrogen) atoms. The van der Waals surface area contributed by atoms with Gasteiger partial charge in [-0.1, -0.05) is 37.3 Å². The molecule has 1 aromatic rings. The third-order valence-electron chi connectivity index (χ3n) is 4.08. The predicted octanol–water partition coefficient (Wildman–Crippen LogP) is 4.72. The van der Waals surface area contributed by atoms with Gasteiger partial charge in [0.25, 0.3) is 0 Å². The Morgan fingerprint density at radius 1 is 1.38 bits per heavy atom. The molecule has 3 nitrogen and oxygen atoms in total. The zero-order valence-corrected chi connectivity index (χ0v) is 14.1. The van der Waals surface area contributed by atoms with Crippen LogP contribution in [0.1, 0.15) is 25.3 Å². The first kappa shape index (κ1) is 18.4. The Labute approximate surface area is 143 Å². The third-order valence-corrected chi connectivity index (χ3v) is 4.38. The lowest BCUT2D eigenvalue weighted by atomic mass is 9.78. The molecule has 0 radical (unpaired) electrons. The first-order chi connectivity index (χ1) is 11.1. The van der Waals surface area contributed by atoms with Gasteiger partial charge in [0.15, 0.2) is 5.78 Å². The SMILES string of the molecule is Cc1ccccc1NC(=S)C1=C(O)C(C)CC(CC(F)(F)F)C1=O. The molecule has 0 heterocycles. The molecule has 0 fully saturated rings. The number of anilines is 1.